The maximum absolute atomic E-state index is 12.8. The Morgan fingerprint density at radius 1 is 0.750 bits per heavy atom. The van der Waals surface area contributed by atoms with Gasteiger partial charge in [-0.05, 0) is 83.3 Å². The largest absolute Gasteiger partial charge is 0.323 e. The number of hydrogen-bond acceptors (Lipinski definition) is 4. The van der Waals surface area contributed by atoms with E-state index in [1.54, 1.807) is 12.1 Å². The standard InChI is InChI=1S/C27H20N4O4S/c32-26(28-20-9-11-23-18(14-20)13-17-3-1-2-4-22(17)23)16-5-7-19(8-6-16)31-36(34,35)21-10-12-24-25(15-21)30-27(33)29-24/h1-12,14-15,31H,13H2,(H,28,32)(H2,29,30,33). The van der Waals surface area contributed by atoms with Gasteiger partial charge < -0.3 is 15.3 Å². The van der Waals surface area contributed by atoms with Gasteiger partial charge >= 0.3 is 5.69 Å². The molecular weight excluding hydrogens is 476 g/mol. The number of hydrogen-bond donors (Lipinski definition) is 4. The fourth-order valence-electron chi connectivity index (χ4n) is 4.51. The van der Waals surface area contributed by atoms with Crippen molar-refractivity contribution in [2.75, 3.05) is 10.0 Å². The number of sulfonamides is 1. The minimum absolute atomic E-state index is 0.00540. The van der Waals surface area contributed by atoms with Crippen LogP contribution in [0.4, 0.5) is 11.4 Å². The van der Waals surface area contributed by atoms with Crippen molar-refractivity contribution in [2.24, 2.45) is 0 Å². The van der Waals surface area contributed by atoms with Gasteiger partial charge in [-0.1, -0.05) is 30.3 Å². The zero-order chi connectivity index (χ0) is 24.9. The number of carbonyl (C=O) groups excluding carboxylic acids is 1. The smallest absolute Gasteiger partial charge is 0.322 e. The molecule has 9 heteroatoms. The first-order valence-corrected chi connectivity index (χ1v) is 12.7. The van der Waals surface area contributed by atoms with Gasteiger partial charge in [-0.2, -0.15) is 0 Å². The van der Waals surface area contributed by atoms with Crippen molar-refractivity contribution in [1.82, 2.24) is 9.97 Å². The second-order valence-corrected chi connectivity index (χ2v) is 10.3. The molecule has 178 valence electrons. The highest BCUT2D eigenvalue weighted by Gasteiger charge is 2.19. The van der Waals surface area contributed by atoms with Gasteiger partial charge in [0.15, 0.2) is 0 Å². The molecule has 0 saturated heterocycles. The summed E-state index contributed by atoms with van der Waals surface area (Å²) in [6.07, 6.45) is 0.831. The number of aromatic nitrogens is 2. The Morgan fingerprint density at radius 3 is 2.31 bits per heavy atom. The molecule has 0 aliphatic heterocycles. The zero-order valence-electron chi connectivity index (χ0n) is 18.8. The predicted molar refractivity (Wildman–Crippen MR) is 139 cm³/mol. The number of imidazole rings is 1. The van der Waals surface area contributed by atoms with E-state index in [4.69, 9.17) is 0 Å². The Hall–Kier alpha value is -4.63. The molecule has 0 atom stereocenters. The van der Waals surface area contributed by atoms with E-state index in [1.807, 2.05) is 30.3 Å². The Labute approximate surface area is 206 Å². The molecule has 1 amide bonds. The number of amides is 1. The van der Waals surface area contributed by atoms with Gasteiger partial charge in [0, 0.05) is 16.9 Å². The number of carbonyl (C=O) groups is 1. The molecule has 0 bridgehead atoms. The van der Waals surface area contributed by atoms with Crippen molar-refractivity contribution < 1.29 is 13.2 Å². The van der Waals surface area contributed by atoms with E-state index in [-0.39, 0.29) is 10.8 Å². The summed E-state index contributed by atoms with van der Waals surface area (Å²) in [5.74, 6) is -0.290. The van der Waals surface area contributed by atoms with Crippen molar-refractivity contribution in [3.05, 3.63) is 112 Å². The van der Waals surface area contributed by atoms with E-state index >= 15 is 0 Å². The maximum Gasteiger partial charge on any atom is 0.323 e. The van der Waals surface area contributed by atoms with Gasteiger partial charge in [-0.15, -0.1) is 0 Å². The summed E-state index contributed by atoms with van der Waals surface area (Å²) in [7, 11) is -3.89. The molecule has 1 aliphatic carbocycles. The van der Waals surface area contributed by atoms with Crippen LogP contribution < -0.4 is 15.7 Å². The van der Waals surface area contributed by atoms with Crippen LogP contribution in [0, 0.1) is 0 Å². The Bertz CT molecular complexity index is 1820. The predicted octanol–water partition coefficient (Wildman–Crippen LogP) is 4.48. The van der Waals surface area contributed by atoms with Crippen LogP contribution in [0.3, 0.4) is 0 Å². The summed E-state index contributed by atoms with van der Waals surface area (Å²) < 4.78 is 28.1. The van der Waals surface area contributed by atoms with E-state index < -0.39 is 15.7 Å². The van der Waals surface area contributed by atoms with E-state index in [9.17, 15) is 18.0 Å². The van der Waals surface area contributed by atoms with Crippen LogP contribution >= 0.6 is 0 Å². The third-order valence-corrected chi connectivity index (χ3v) is 7.63. The lowest BCUT2D eigenvalue weighted by atomic mass is 10.1. The molecule has 1 heterocycles. The minimum atomic E-state index is -3.89. The lowest BCUT2D eigenvalue weighted by Gasteiger charge is -2.10. The molecule has 8 nitrogen and oxygen atoms in total. The van der Waals surface area contributed by atoms with Crippen molar-refractivity contribution in [3.63, 3.8) is 0 Å². The van der Waals surface area contributed by atoms with Gasteiger partial charge in [-0.3, -0.25) is 9.52 Å². The first-order chi connectivity index (χ1) is 17.4. The molecule has 6 rings (SSSR count). The van der Waals surface area contributed by atoms with E-state index in [2.05, 4.69) is 32.1 Å². The lowest BCUT2D eigenvalue weighted by molar-refractivity contribution is 0.102. The number of fused-ring (bicyclic) bond motifs is 4. The van der Waals surface area contributed by atoms with Crippen LogP contribution in [0.15, 0.2) is 94.6 Å². The van der Waals surface area contributed by atoms with E-state index in [1.165, 1.54) is 52.6 Å². The fourth-order valence-corrected chi connectivity index (χ4v) is 5.59. The van der Waals surface area contributed by atoms with Crippen molar-refractivity contribution in [1.29, 1.82) is 0 Å². The lowest BCUT2D eigenvalue weighted by Crippen LogP contribution is -2.14. The molecule has 0 unspecified atom stereocenters. The minimum Gasteiger partial charge on any atom is -0.322 e. The molecule has 1 aromatic heterocycles. The monoisotopic (exact) mass is 496 g/mol. The summed E-state index contributed by atoms with van der Waals surface area (Å²) in [6.45, 7) is 0. The molecule has 0 saturated carbocycles. The molecule has 4 N–H and O–H groups in total. The topological polar surface area (TPSA) is 124 Å². The van der Waals surface area contributed by atoms with Crippen LogP contribution in [0.2, 0.25) is 0 Å². The molecule has 4 aromatic carbocycles. The van der Waals surface area contributed by atoms with Crippen molar-refractivity contribution >= 4 is 38.3 Å². The quantitative estimate of drug-likeness (QED) is 0.281. The Balaban J connectivity index is 1.16. The number of rotatable bonds is 5. The molecule has 1 aliphatic rings. The summed E-state index contributed by atoms with van der Waals surface area (Å²) in [5.41, 5.74) is 6.76. The summed E-state index contributed by atoms with van der Waals surface area (Å²) in [6, 6.07) is 24.7. The zero-order valence-corrected chi connectivity index (χ0v) is 19.6. The Morgan fingerprint density at radius 2 is 1.47 bits per heavy atom. The molecule has 0 fully saturated rings. The number of aromatic amines is 2. The SMILES string of the molecule is O=C(Nc1ccc2c(c1)Cc1ccccc1-2)c1ccc(NS(=O)(=O)c2ccc3[nH]c(=O)[nH]c3c2)cc1. The molecule has 5 aromatic rings. The van der Waals surface area contributed by atoms with Gasteiger partial charge in [0.05, 0.1) is 15.9 Å². The first-order valence-electron chi connectivity index (χ1n) is 11.2. The Kier molecular flexibility index (Phi) is 5.01. The second-order valence-electron chi connectivity index (χ2n) is 8.63. The van der Waals surface area contributed by atoms with Gasteiger partial charge in [-0.25, -0.2) is 13.2 Å². The van der Waals surface area contributed by atoms with E-state index in [0.717, 1.165) is 6.42 Å². The number of H-pyrrole nitrogens is 2. The summed E-state index contributed by atoms with van der Waals surface area (Å²) in [4.78, 5) is 29.3. The fraction of sp³-hybridized carbons (Fsp3) is 0.0370. The van der Waals surface area contributed by atoms with Gasteiger partial charge in [0.1, 0.15) is 0 Å². The number of benzene rings is 4. The van der Waals surface area contributed by atoms with Crippen molar-refractivity contribution in [3.8, 4) is 11.1 Å². The van der Waals surface area contributed by atoms with Gasteiger partial charge in [0.2, 0.25) is 0 Å². The molecular formula is C27H20N4O4S. The third-order valence-electron chi connectivity index (χ3n) is 6.25. The van der Waals surface area contributed by atoms with E-state index in [0.29, 0.717) is 28.0 Å². The van der Waals surface area contributed by atoms with Gasteiger partial charge in [0.25, 0.3) is 15.9 Å². The average Bonchev–Trinajstić information content (AvgIpc) is 3.42. The highest BCUT2D eigenvalue weighted by molar-refractivity contribution is 7.92. The summed E-state index contributed by atoms with van der Waals surface area (Å²) >= 11 is 0. The number of anilines is 2. The molecule has 0 radical (unpaired) electrons. The number of nitrogens with one attached hydrogen (secondary N) is 4. The molecule has 0 spiro atoms. The highest BCUT2D eigenvalue weighted by atomic mass is 32.2. The highest BCUT2D eigenvalue weighted by Crippen LogP contribution is 2.37. The normalized spacial score (nSPS) is 12.2. The van der Waals surface area contributed by atoms with Crippen LogP contribution in [-0.4, -0.2) is 24.3 Å². The third kappa shape index (κ3) is 3.95. The first kappa shape index (κ1) is 21.9. The van der Waals surface area contributed by atoms with Crippen LogP contribution in [0.5, 0.6) is 0 Å². The van der Waals surface area contributed by atoms with Crippen LogP contribution in [0.1, 0.15) is 21.5 Å². The molecule has 36 heavy (non-hydrogen) atoms. The van der Waals surface area contributed by atoms with Crippen molar-refractivity contribution in [2.45, 2.75) is 11.3 Å². The maximum atomic E-state index is 12.8. The van der Waals surface area contributed by atoms with Crippen LogP contribution in [0.25, 0.3) is 22.2 Å². The average molecular weight is 497 g/mol. The van der Waals surface area contributed by atoms with Crippen LogP contribution in [-0.2, 0) is 16.4 Å². The summed E-state index contributed by atoms with van der Waals surface area (Å²) in [5, 5.41) is 2.92. The second kappa shape index (κ2) is 8.24.